The Balaban J connectivity index is 0.854. The number of rotatable bonds is 16. The van der Waals surface area contributed by atoms with Gasteiger partial charge in [0.15, 0.2) is 5.82 Å². The van der Waals surface area contributed by atoms with Gasteiger partial charge in [0.05, 0.1) is 28.8 Å². The molecule has 0 bridgehead atoms. The van der Waals surface area contributed by atoms with Gasteiger partial charge in [0.25, 0.3) is 11.8 Å². The highest BCUT2D eigenvalue weighted by molar-refractivity contribution is 6.35. The Morgan fingerprint density at radius 2 is 1.66 bits per heavy atom. The van der Waals surface area contributed by atoms with Crippen molar-refractivity contribution in [3.05, 3.63) is 100 Å². The van der Waals surface area contributed by atoms with Gasteiger partial charge in [-0.15, -0.1) is 5.10 Å². The number of halogens is 1. The maximum Gasteiger partial charge on any atom is 0.416 e. The fourth-order valence-corrected chi connectivity index (χ4v) is 9.26. The van der Waals surface area contributed by atoms with Crippen LogP contribution in [0.3, 0.4) is 0 Å². The number of aromatic nitrogens is 5. The monoisotopic (exact) mass is 958 g/mol. The SMILES string of the molecule is CCN(CC)CCN(C(=O)OCCC(=O)N1CCN(CCn2ccc3cc(-n4c(O)nnc4-c4cc(C(C)C)c(O)cc4O)ccc32)CC1)C(=O)c1c(C)[nH]c(/C=C2\C(=O)Nc3ccc(F)cc32)c1C. The Labute approximate surface area is 404 Å². The molecule has 6 aromatic rings. The lowest BCUT2D eigenvalue weighted by Crippen LogP contribution is -2.49. The van der Waals surface area contributed by atoms with E-state index in [0.29, 0.717) is 97.4 Å². The fourth-order valence-electron chi connectivity index (χ4n) is 9.26. The third kappa shape index (κ3) is 9.98. The lowest BCUT2D eigenvalue weighted by Gasteiger charge is -2.35. The van der Waals surface area contributed by atoms with Gasteiger partial charge in [-0.1, -0.05) is 32.8 Å². The average Bonchev–Trinajstić information content (AvgIpc) is 4.08. The lowest BCUT2D eigenvalue weighted by atomic mass is 9.98. The molecule has 4 amide bonds. The molecule has 0 saturated carbocycles. The molecule has 368 valence electrons. The van der Waals surface area contributed by atoms with Crippen molar-refractivity contribution in [1.82, 2.24) is 43.9 Å². The molecule has 8 rings (SSSR count). The number of hydrogen-bond donors (Lipinski definition) is 5. The van der Waals surface area contributed by atoms with E-state index >= 15 is 0 Å². The highest BCUT2D eigenvalue weighted by Gasteiger charge is 2.31. The lowest BCUT2D eigenvalue weighted by molar-refractivity contribution is -0.133. The number of anilines is 1. The molecular formula is C51H59FN10O8. The fraction of sp³-hybridized carbons (Fsp3) is 0.373. The summed E-state index contributed by atoms with van der Waals surface area (Å²) >= 11 is 0. The number of H-pyrrole nitrogens is 1. The van der Waals surface area contributed by atoms with Crippen molar-refractivity contribution in [2.24, 2.45) is 0 Å². The Hall–Kier alpha value is -7.51. The number of carbonyl (C=O) groups is 4. The van der Waals surface area contributed by atoms with E-state index in [1.165, 1.54) is 28.8 Å². The molecule has 0 aliphatic carbocycles. The van der Waals surface area contributed by atoms with E-state index in [4.69, 9.17) is 4.74 Å². The number of likely N-dealkylation sites (N-methyl/N-ethyl adjacent to an activating group) is 1. The van der Waals surface area contributed by atoms with Crippen molar-refractivity contribution in [3.63, 3.8) is 0 Å². The highest BCUT2D eigenvalue weighted by atomic mass is 19.1. The van der Waals surface area contributed by atoms with E-state index in [1.807, 2.05) is 58.2 Å². The quantitative estimate of drug-likeness (QED) is 0.0630. The zero-order chi connectivity index (χ0) is 50.0. The maximum absolute atomic E-state index is 14.2. The van der Waals surface area contributed by atoms with Crippen molar-refractivity contribution >= 4 is 52.1 Å². The number of phenolic OH excluding ortho intramolecular Hbond substituents is 2. The number of carbonyl (C=O) groups excluding carboxylic acids is 4. The number of ether oxygens (including phenoxy) is 1. The summed E-state index contributed by atoms with van der Waals surface area (Å²) in [5, 5.41) is 43.6. The Morgan fingerprint density at radius 3 is 2.39 bits per heavy atom. The Kier molecular flexibility index (Phi) is 14.4. The van der Waals surface area contributed by atoms with E-state index in [2.05, 4.69) is 34.9 Å². The summed E-state index contributed by atoms with van der Waals surface area (Å²) in [7, 11) is 0. The number of nitrogens with one attached hydrogen (secondary N) is 2. The smallest absolute Gasteiger partial charge is 0.416 e. The number of hydrogen-bond acceptors (Lipinski definition) is 12. The molecule has 3 aromatic carbocycles. The van der Waals surface area contributed by atoms with Gasteiger partial charge in [-0.25, -0.2) is 18.7 Å². The van der Waals surface area contributed by atoms with Gasteiger partial charge in [-0.3, -0.25) is 19.3 Å². The molecule has 18 nitrogen and oxygen atoms in total. The Morgan fingerprint density at radius 1 is 0.900 bits per heavy atom. The van der Waals surface area contributed by atoms with Crippen molar-refractivity contribution in [3.8, 4) is 34.6 Å². The normalized spacial score (nSPS) is 14.6. The van der Waals surface area contributed by atoms with Crippen LogP contribution in [0.25, 0.3) is 39.6 Å². The number of aromatic hydroxyl groups is 3. The second kappa shape index (κ2) is 20.6. The summed E-state index contributed by atoms with van der Waals surface area (Å²) in [4.78, 5) is 64.5. The van der Waals surface area contributed by atoms with Gasteiger partial charge in [-0.2, -0.15) is 0 Å². The number of nitrogens with zero attached hydrogens (tertiary/aromatic N) is 8. The summed E-state index contributed by atoms with van der Waals surface area (Å²) in [6.45, 7) is 16.7. The molecule has 2 aliphatic heterocycles. The van der Waals surface area contributed by atoms with Crippen LogP contribution in [0.15, 0.2) is 60.8 Å². The number of benzene rings is 3. The molecule has 0 radical (unpaired) electrons. The van der Waals surface area contributed by atoms with Crippen molar-refractivity contribution in [1.29, 1.82) is 0 Å². The number of piperazine rings is 1. The first-order valence-electron chi connectivity index (χ1n) is 23.6. The van der Waals surface area contributed by atoms with Crippen LogP contribution in [0.4, 0.5) is 14.9 Å². The number of phenols is 2. The summed E-state index contributed by atoms with van der Waals surface area (Å²) in [5.41, 5.74) is 5.36. The van der Waals surface area contributed by atoms with Crippen LogP contribution in [0, 0.1) is 19.7 Å². The number of imide groups is 1. The minimum absolute atomic E-state index is 0.0269. The van der Waals surface area contributed by atoms with Crippen LogP contribution >= 0.6 is 0 Å². The first-order chi connectivity index (χ1) is 33.6. The van der Waals surface area contributed by atoms with E-state index in [0.717, 1.165) is 22.3 Å². The summed E-state index contributed by atoms with van der Waals surface area (Å²) in [5.74, 6) is -1.65. The molecule has 5 N–H and O–H groups in total. The standard InChI is InChI=1S/C51H59FN10O8/c1-7-57(8-2)19-23-61(49(67)46-31(5)41(53-32(46)6)28-38-37-26-34(52)9-11-40(37)54-48(38)66)51(69)70-24-14-45(65)60-21-17-58(18-22-60)16-20-59-15-13-33-25-35(10-12-42(33)59)62-47(55-56-50(62)68)39-27-36(30(3)4)43(63)29-44(39)64/h9-13,15,25-30,53,63-64H,7-8,14,16-24H2,1-6H3,(H,54,66)(H,56,68)/b38-28-. The predicted octanol–water partition coefficient (Wildman–Crippen LogP) is 6.86. The number of aryl methyl sites for hydroxylation is 1. The van der Waals surface area contributed by atoms with Crippen LogP contribution in [-0.4, -0.2) is 149 Å². The topological polar surface area (TPSA) is 215 Å². The van der Waals surface area contributed by atoms with Crippen LogP contribution in [0.5, 0.6) is 17.5 Å². The van der Waals surface area contributed by atoms with Crippen LogP contribution in [0.2, 0.25) is 0 Å². The van der Waals surface area contributed by atoms with E-state index in [1.54, 1.807) is 30.9 Å². The minimum Gasteiger partial charge on any atom is -0.508 e. The average molecular weight is 959 g/mol. The molecule has 5 heterocycles. The highest BCUT2D eigenvalue weighted by Crippen LogP contribution is 2.39. The summed E-state index contributed by atoms with van der Waals surface area (Å²) in [6, 6.07) is 14.3. The van der Waals surface area contributed by atoms with Gasteiger partial charge in [-0.05, 0) is 98.6 Å². The molecule has 19 heteroatoms. The molecule has 2 aliphatic rings. The first-order valence-corrected chi connectivity index (χ1v) is 23.6. The van der Waals surface area contributed by atoms with E-state index in [-0.39, 0.29) is 65.9 Å². The van der Waals surface area contributed by atoms with Gasteiger partial charge in [0.2, 0.25) is 5.91 Å². The van der Waals surface area contributed by atoms with Gasteiger partial charge >= 0.3 is 12.1 Å². The molecule has 3 aromatic heterocycles. The third-order valence-corrected chi connectivity index (χ3v) is 13.3. The summed E-state index contributed by atoms with van der Waals surface area (Å²) < 4.78 is 23.4. The number of fused-ring (bicyclic) bond motifs is 2. The molecular weight excluding hydrogens is 900 g/mol. The molecule has 0 atom stereocenters. The van der Waals surface area contributed by atoms with Crippen LogP contribution in [-0.2, 0) is 20.9 Å². The summed E-state index contributed by atoms with van der Waals surface area (Å²) in [6.07, 6.45) is 2.67. The Bertz CT molecular complexity index is 3000. The van der Waals surface area contributed by atoms with Crippen LogP contribution in [0.1, 0.15) is 78.5 Å². The zero-order valence-electron chi connectivity index (χ0n) is 40.3. The first kappa shape index (κ1) is 48.9. The number of aromatic amines is 1. The van der Waals surface area contributed by atoms with Gasteiger partial charge in [0, 0.05) is 98.2 Å². The van der Waals surface area contributed by atoms with E-state index < -0.39 is 23.7 Å². The zero-order valence-corrected chi connectivity index (χ0v) is 40.3. The second-order valence-corrected chi connectivity index (χ2v) is 17.9. The minimum atomic E-state index is -0.862. The van der Waals surface area contributed by atoms with Crippen molar-refractivity contribution < 1.29 is 43.6 Å². The maximum atomic E-state index is 14.2. The molecule has 0 spiro atoms. The van der Waals surface area contributed by atoms with E-state index in [9.17, 15) is 38.9 Å². The van der Waals surface area contributed by atoms with Crippen LogP contribution < -0.4 is 5.32 Å². The third-order valence-electron chi connectivity index (χ3n) is 13.3. The molecule has 0 unspecified atom stereocenters. The second-order valence-electron chi connectivity index (χ2n) is 17.9. The van der Waals surface area contributed by atoms with Crippen molar-refractivity contribution in [2.45, 2.75) is 60.4 Å². The largest absolute Gasteiger partial charge is 0.508 e. The molecule has 70 heavy (non-hydrogen) atoms. The van der Waals surface area contributed by atoms with Gasteiger partial charge < -0.3 is 44.7 Å². The molecule has 1 saturated heterocycles. The predicted molar refractivity (Wildman–Crippen MR) is 262 cm³/mol. The molecule has 1 fully saturated rings. The number of amides is 4. The van der Waals surface area contributed by atoms with Gasteiger partial charge in [0.1, 0.15) is 23.9 Å². The van der Waals surface area contributed by atoms with Crippen molar-refractivity contribution in [2.75, 3.05) is 70.8 Å².